The summed E-state index contributed by atoms with van der Waals surface area (Å²) >= 11 is 0. The van der Waals surface area contributed by atoms with E-state index in [0.29, 0.717) is 41.7 Å². The zero-order valence-corrected chi connectivity index (χ0v) is 16.6. The number of methoxy groups -OCH3 is 1. The molecule has 0 aromatic heterocycles. The lowest BCUT2D eigenvalue weighted by atomic mass is 9.91. The SMILES string of the molecule is COc1ccccc1NC(=O)CN1C(=O)N[C@](C)(c2ccc3c(c2)OCCO3)C1=O. The molecule has 2 aromatic carbocycles. The maximum Gasteiger partial charge on any atom is 0.325 e. The second-order valence-electron chi connectivity index (χ2n) is 7.05. The van der Waals surface area contributed by atoms with Crippen LogP contribution in [0.25, 0.3) is 0 Å². The number of imide groups is 1. The van der Waals surface area contributed by atoms with Crippen molar-refractivity contribution in [1.82, 2.24) is 10.2 Å². The van der Waals surface area contributed by atoms with Crippen LogP contribution in [0.4, 0.5) is 10.5 Å². The van der Waals surface area contributed by atoms with Gasteiger partial charge in [0.05, 0.1) is 12.8 Å². The van der Waals surface area contributed by atoms with Gasteiger partial charge in [-0.15, -0.1) is 0 Å². The zero-order valence-electron chi connectivity index (χ0n) is 16.6. The second-order valence-corrected chi connectivity index (χ2v) is 7.05. The number of benzene rings is 2. The molecule has 2 aliphatic heterocycles. The number of urea groups is 1. The second kappa shape index (κ2) is 7.58. The Morgan fingerprint density at radius 1 is 1.17 bits per heavy atom. The molecule has 156 valence electrons. The average Bonchev–Trinajstić information content (AvgIpc) is 2.97. The lowest BCUT2D eigenvalue weighted by Gasteiger charge is -2.25. The highest BCUT2D eigenvalue weighted by Gasteiger charge is 2.49. The van der Waals surface area contributed by atoms with Gasteiger partial charge in [-0.1, -0.05) is 18.2 Å². The summed E-state index contributed by atoms with van der Waals surface area (Å²) in [6, 6.07) is 11.3. The minimum absolute atomic E-state index is 0.405. The van der Waals surface area contributed by atoms with Crippen molar-refractivity contribution in [3.63, 3.8) is 0 Å². The van der Waals surface area contributed by atoms with Crippen molar-refractivity contribution in [2.24, 2.45) is 0 Å². The molecule has 1 atom stereocenters. The van der Waals surface area contributed by atoms with E-state index in [1.807, 2.05) is 0 Å². The number of rotatable bonds is 5. The number of hydrogen-bond acceptors (Lipinski definition) is 6. The Kier molecular flexibility index (Phi) is 4.94. The number of amides is 4. The van der Waals surface area contributed by atoms with Gasteiger partial charge in [0.1, 0.15) is 31.0 Å². The molecule has 9 nitrogen and oxygen atoms in total. The van der Waals surface area contributed by atoms with Gasteiger partial charge in [-0.2, -0.15) is 0 Å². The van der Waals surface area contributed by atoms with Gasteiger partial charge in [0.15, 0.2) is 11.5 Å². The zero-order chi connectivity index (χ0) is 21.3. The van der Waals surface area contributed by atoms with Gasteiger partial charge in [0, 0.05) is 0 Å². The van der Waals surface area contributed by atoms with Gasteiger partial charge in [-0.3, -0.25) is 14.5 Å². The Bertz CT molecular complexity index is 1020. The van der Waals surface area contributed by atoms with Crippen molar-refractivity contribution in [3.05, 3.63) is 48.0 Å². The van der Waals surface area contributed by atoms with Crippen LogP contribution in [0.15, 0.2) is 42.5 Å². The van der Waals surface area contributed by atoms with Crippen molar-refractivity contribution in [1.29, 1.82) is 0 Å². The van der Waals surface area contributed by atoms with Crippen molar-refractivity contribution in [3.8, 4) is 17.2 Å². The van der Waals surface area contributed by atoms with Crippen molar-refractivity contribution < 1.29 is 28.6 Å². The summed E-state index contributed by atoms with van der Waals surface area (Å²) in [6.07, 6.45) is 0. The third-order valence-electron chi connectivity index (χ3n) is 5.08. The van der Waals surface area contributed by atoms with Gasteiger partial charge in [0.2, 0.25) is 5.91 Å². The summed E-state index contributed by atoms with van der Waals surface area (Å²) in [5.41, 5.74) is -0.332. The van der Waals surface area contributed by atoms with Crippen LogP contribution in [0.2, 0.25) is 0 Å². The van der Waals surface area contributed by atoms with Crippen molar-refractivity contribution >= 4 is 23.5 Å². The molecule has 0 bridgehead atoms. The number of carbonyl (C=O) groups excluding carboxylic acids is 3. The lowest BCUT2D eigenvalue weighted by Crippen LogP contribution is -2.42. The first-order chi connectivity index (χ1) is 14.4. The molecule has 2 N–H and O–H groups in total. The van der Waals surface area contributed by atoms with Crippen LogP contribution in [0.3, 0.4) is 0 Å². The molecule has 0 aliphatic carbocycles. The number of fused-ring (bicyclic) bond motifs is 1. The van der Waals surface area contributed by atoms with E-state index in [0.717, 1.165) is 4.90 Å². The maximum absolute atomic E-state index is 13.1. The topological polar surface area (TPSA) is 106 Å². The van der Waals surface area contributed by atoms with Crippen LogP contribution in [-0.2, 0) is 15.1 Å². The molecule has 2 heterocycles. The quantitative estimate of drug-likeness (QED) is 0.728. The van der Waals surface area contributed by atoms with Crippen LogP contribution in [0, 0.1) is 0 Å². The van der Waals surface area contributed by atoms with Crippen LogP contribution in [0.1, 0.15) is 12.5 Å². The Balaban J connectivity index is 1.51. The highest BCUT2D eigenvalue weighted by Crippen LogP contribution is 2.36. The largest absolute Gasteiger partial charge is 0.495 e. The normalized spacial score (nSPS) is 20.0. The fourth-order valence-electron chi connectivity index (χ4n) is 3.47. The lowest BCUT2D eigenvalue weighted by molar-refractivity contribution is -0.133. The molecule has 0 spiro atoms. The van der Waals surface area contributed by atoms with Crippen LogP contribution >= 0.6 is 0 Å². The molecule has 4 amide bonds. The third-order valence-corrected chi connectivity index (χ3v) is 5.08. The Labute approximate surface area is 172 Å². The first-order valence-corrected chi connectivity index (χ1v) is 9.39. The van der Waals surface area contributed by atoms with Gasteiger partial charge in [-0.05, 0) is 36.8 Å². The Morgan fingerprint density at radius 3 is 2.67 bits per heavy atom. The molecule has 2 aromatic rings. The molecule has 0 unspecified atom stereocenters. The summed E-state index contributed by atoms with van der Waals surface area (Å²) in [7, 11) is 1.49. The monoisotopic (exact) mass is 411 g/mol. The standard InChI is InChI=1S/C21H21N3O6/c1-21(13-7-8-16-17(11-13)30-10-9-29-16)19(26)24(20(27)23-21)12-18(25)22-14-5-3-4-6-15(14)28-2/h3-8,11H,9-10,12H2,1-2H3,(H,22,25)(H,23,27)/t21-/m1/s1. The fraction of sp³-hybridized carbons (Fsp3) is 0.286. The molecular weight excluding hydrogens is 390 g/mol. The highest BCUT2D eigenvalue weighted by molar-refractivity contribution is 6.10. The number of hydrogen-bond donors (Lipinski definition) is 2. The van der Waals surface area contributed by atoms with E-state index in [4.69, 9.17) is 14.2 Å². The predicted octanol–water partition coefficient (Wildman–Crippen LogP) is 1.87. The van der Waals surface area contributed by atoms with Crippen molar-refractivity contribution in [2.45, 2.75) is 12.5 Å². The first kappa shape index (κ1) is 19.6. The molecule has 0 saturated carbocycles. The fourth-order valence-corrected chi connectivity index (χ4v) is 3.47. The number of para-hydroxylation sites is 2. The summed E-state index contributed by atoms with van der Waals surface area (Å²) < 4.78 is 16.3. The molecule has 0 radical (unpaired) electrons. The minimum Gasteiger partial charge on any atom is -0.495 e. The van der Waals surface area contributed by atoms with E-state index in [1.54, 1.807) is 49.4 Å². The summed E-state index contributed by atoms with van der Waals surface area (Å²) in [5, 5.41) is 5.34. The molecule has 2 aliphatic rings. The Morgan fingerprint density at radius 2 is 1.90 bits per heavy atom. The van der Waals surface area contributed by atoms with E-state index >= 15 is 0 Å². The smallest absolute Gasteiger partial charge is 0.325 e. The number of nitrogens with zero attached hydrogens (tertiary/aromatic N) is 1. The van der Waals surface area contributed by atoms with Crippen LogP contribution < -0.4 is 24.8 Å². The van der Waals surface area contributed by atoms with Gasteiger partial charge in [0.25, 0.3) is 5.91 Å². The van der Waals surface area contributed by atoms with Gasteiger partial charge in [-0.25, -0.2) is 4.79 Å². The molecular formula is C21H21N3O6. The van der Waals surface area contributed by atoms with Gasteiger partial charge < -0.3 is 24.8 Å². The molecule has 30 heavy (non-hydrogen) atoms. The predicted molar refractivity (Wildman–Crippen MR) is 107 cm³/mol. The molecule has 4 rings (SSSR count). The van der Waals surface area contributed by atoms with Crippen molar-refractivity contribution in [2.75, 3.05) is 32.2 Å². The summed E-state index contributed by atoms with van der Waals surface area (Å²) in [6.45, 7) is 2.02. The van der Waals surface area contributed by atoms with E-state index < -0.39 is 29.9 Å². The van der Waals surface area contributed by atoms with Gasteiger partial charge >= 0.3 is 6.03 Å². The molecule has 1 fully saturated rings. The minimum atomic E-state index is -1.32. The number of carbonyl (C=O) groups is 3. The Hall–Kier alpha value is -3.75. The van der Waals surface area contributed by atoms with E-state index in [2.05, 4.69) is 10.6 Å². The van der Waals surface area contributed by atoms with Crippen LogP contribution in [0.5, 0.6) is 17.2 Å². The number of ether oxygens (including phenoxy) is 3. The number of anilines is 1. The third kappa shape index (κ3) is 3.38. The molecule has 1 saturated heterocycles. The van der Waals surface area contributed by atoms with Crippen LogP contribution in [-0.4, -0.2) is 49.6 Å². The molecule has 9 heteroatoms. The highest BCUT2D eigenvalue weighted by atomic mass is 16.6. The van der Waals surface area contributed by atoms with E-state index in [-0.39, 0.29) is 0 Å². The summed E-state index contributed by atoms with van der Waals surface area (Å²) in [5.74, 6) is 0.519. The van der Waals surface area contributed by atoms with E-state index in [1.165, 1.54) is 7.11 Å². The maximum atomic E-state index is 13.1. The number of nitrogens with one attached hydrogen (secondary N) is 2. The van der Waals surface area contributed by atoms with E-state index in [9.17, 15) is 14.4 Å². The average molecular weight is 411 g/mol. The summed E-state index contributed by atoms with van der Waals surface area (Å²) in [4.78, 5) is 39.0. The first-order valence-electron chi connectivity index (χ1n) is 9.39.